The minimum Gasteiger partial charge on any atom is -0.497 e. The number of hydrogen-bond donors (Lipinski definition) is 1. The van der Waals surface area contributed by atoms with Gasteiger partial charge in [0.1, 0.15) is 18.3 Å². The van der Waals surface area contributed by atoms with Crippen molar-refractivity contribution in [1.29, 1.82) is 0 Å². The fourth-order valence-corrected chi connectivity index (χ4v) is 5.45. The van der Waals surface area contributed by atoms with Crippen molar-refractivity contribution in [2.75, 3.05) is 24.2 Å². The van der Waals surface area contributed by atoms with Crippen LogP contribution in [0.4, 0.5) is 5.69 Å². The summed E-state index contributed by atoms with van der Waals surface area (Å²) in [4.78, 5) is 29.4. The first-order valence-corrected chi connectivity index (χ1v) is 16.1. The molecule has 2 atom stereocenters. The Balaban J connectivity index is 2.08. The van der Waals surface area contributed by atoms with Crippen LogP contribution in [0.5, 0.6) is 5.75 Å². The predicted molar refractivity (Wildman–Crippen MR) is 166 cm³/mol. The van der Waals surface area contributed by atoms with E-state index in [-0.39, 0.29) is 24.9 Å². The molecule has 0 saturated carbocycles. The molecule has 0 aliphatic rings. The number of amides is 2. The quantitative estimate of drug-likeness (QED) is 0.280. The average Bonchev–Trinajstić information content (AvgIpc) is 2.94. The molecule has 10 heteroatoms. The molecular formula is C31H38BrN3O5S. The van der Waals surface area contributed by atoms with Crippen LogP contribution in [-0.4, -0.2) is 57.1 Å². The number of nitrogens with one attached hydrogen (secondary N) is 1. The van der Waals surface area contributed by atoms with Crippen molar-refractivity contribution >= 4 is 43.5 Å². The lowest BCUT2D eigenvalue weighted by molar-refractivity contribution is -0.140. The number of methoxy groups -OCH3 is 1. The molecule has 3 rings (SSSR count). The van der Waals surface area contributed by atoms with Crippen LogP contribution in [0.15, 0.2) is 77.3 Å². The van der Waals surface area contributed by atoms with E-state index in [1.807, 2.05) is 63.2 Å². The van der Waals surface area contributed by atoms with Crippen LogP contribution in [0.2, 0.25) is 0 Å². The van der Waals surface area contributed by atoms with Crippen molar-refractivity contribution in [3.63, 3.8) is 0 Å². The third-order valence-electron chi connectivity index (χ3n) is 6.87. The lowest BCUT2D eigenvalue weighted by atomic mass is 10.0. The number of hydrogen-bond acceptors (Lipinski definition) is 5. The third-order valence-corrected chi connectivity index (χ3v) is 8.90. The number of ether oxygens (including phenoxy) is 1. The van der Waals surface area contributed by atoms with Crippen molar-refractivity contribution < 1.29 is 22.7 Å². The highest BCUT2D eigenvalue weighted by molar-refractivity contribution is 9.10. The highest BCUT2D eigenvalue weighted by Gasteiger charge is 2.33. The zero-order valence-electron chi connectivity index (χ0n) is 24.1. The summed E-state index contributed by atoms with van der Waals surface area (Å²) >= 11 is 3.45. The highest BCUT2D eigenvalue weighted by atomic mass is 79.9. The van der Waals surface area contributed by atoms with Crippen LogP contribution < -0.4 is 14.4 Å². The fourth-order valence-electron chi connectivity index (χ4n) is 4.36. The molecular weight excluding hydrogens is 606 g/mol. The van der Waals surface area contributed by atoms with E-state index in [4.69, 9.17) is 4.74 Å². The molecule has 0 aliphatic heterocycles. The normalized spacial score (nSPS) is 12.7. The second kappa shape index (κ2) is 14.5. The molecule has 0 saturated heterocycles. The summed E-state index contributed by atoms with van der Waals surface area (Å²) in [5.74, 6) is -0.189. The van der Waals surface area contributed by atoms with Gasteiger partial charge in [0.25, 0.3) is 0 Å². The molecule has 0 unspecified atom stereocenters. The lowest BCUT2D eigenvalue weighted by Gasteiger charge is -2.34. The Bertz CT molecular complexity index is 1450. The molecule has 3 aromatic carbocycles. The Hall–Kier alpha value is -3.37. The zero-order chi connectivity index (χ0) is 30.2. The molecule has 0 aliphatic carbocycles. The lowest BCUT2D eigenvalue weighted by Crippen LogP contribution is -2.54. The van der Waals surface area contributed by atoms with E-state index in [0.29, 0.717) is 11.4 Å². The fraction of sp³-hybridized carbons (Fsp3) is 0.355. The standard InChI is InChI=1S/C31H38BrN3O5S/c1-6-23(3)33-31(37)29(19-24-11-8-7-9-12-24)34(20-25-13-10-14-27(18-25)40-4)30(36)21-35(41(5,38)39)26-15-16-28(32)22(2)17-26/h7-18,23,29H,6,19-21H2,1-5H3,(H,33,37)/t23-,29+/m1/s1. The van der Waals surface area contributed by atoms with Gasteiger partial charge in [0.2, 0.25) is 21.8 Å². The topological polar surface area (TPSA) is 96.0 Å². The molecule has 0 heterocycles. The van der Waals surface area contributed by atoms with Crippen LogP contribution in [0.25, 0.3) is 0 Å². The maximum Gasteiger partial charge on any atom is 0.244 e. The van der Waals surface area contributed by atoms with Crippen molar-refractivity contribution in [2.24, 2.45) is 0 Å². The number of benzene rings is 3. The van der Waals surface area contributed by atoms with Gasteiger partial charge in [-0.25, -0.2) is 8.42 Å². The van der Waals surface area contributed by atoms with Crippen molar-refractivity contribution in [3.8, 4) is 5.75 Å². The largest absolute Gasteiger partial charge is 0.497 e. The number of anilines is 1. The predicted octanol–water partition coefficient (Wildman–Crippen LogP) is 5.09. The van der Waals surface area contributed by atoms with E-state index >= 15 is 0 Å². The van der Waals surface area contributed by atoms with Crippen LogP contribution >= 0.6 is 15.9 Å². The Morgan fingerprint density at radius 2 is 1.68 bits per heavy atom. The van der Waals surface area contributed by atoms with Gasteiger partial charge in [-0.3, -0.25) is 13.9 Å². The molecule has 1 N–H and O–H groups in total. The summed E-state index contributed by atoms with van der Waals surface area (Å²) in [6, 6.07) is 20.9. The number of carbonyl (C=O) groups excluding carboxylic acids is 2. The van der Waals surface area contributed by atoms with Gasteiger partial charge in [0.15, 0.2) is 0 Å². The Labute approximate surface area is 251 Å². The Morgan fingerprint density at radius 1 is 1.00 bits per heavy atom. The van der Waals surface area contributed by atoms with Crippen LogP contribution in [-0.2, 0) is 32.6 Å². The molecule has 0 spiro atoms. The van der Waals surface area contributed by atoms with E-state index in [1.54, 1.807) is 37.4 Å². The van der Waals surface area contributed by atoms with Gasteiger partial charge in [-0.05, 0) is 67.3 Å². The Kier molecular flexibility index (Phi) is 11.4. The first kappa shape index (κ1) is 32.1. The van der Waals surface area contributed by atoms with Gasteiger partial charge in [-0.2, -0.15) is 0 Å². The second-order valence-corrected chi connectivity index (χ2v) is 12.9. The molecule has 2 amide bonds. The maximum absolute atomic E-state index is 14.2. The molecule has 0 radical (unpaired) electrons. The van der Waals surface area contributed by atoms with Crippen molar-refractivity contribution in [2.45, 2.75) is 52.2 Å². The molecule has 3 aromatic rings. The molecule has 8 nitrogen and oxygen atoms in total. The summed E-state index contributed by atoms with van der Waals surface area (Å²) in [5, 5.41) is 3.03. The number of halogens is 1. The first-order chi connectivity index (χ1) is 19.4. The maximum atomic E-state index is 14.2. The number of sulfonamides is 1. The second-order valence-electron chi connectivity index (χ2n) is 10.1. The summed E-state index contributed by atoms with van der Waals surface area (Å²) in [6.07, 6.45) is 2.05. The van der Waals surface area contributed by atoms with Gasteiger partial charge >= 0.3 is 0 Å². The molecule has 0 aromatic heterocycles. The summed E-state index contributed by atoms with van der Waals surface area (Å²) in [7, 11) is -2.28. The first-order valence-electron chi connectivity index (χ1n) is 13.4. The van der Waals surface area contributed by atoms with Crippen LogP contribution in [0, 0.1) is 6.92 Å². The summed E-state index contributed by atoms with van der Waals surface area (Å²) in [5.41, 5.74) is 2.82. The van der Waals surface area contributed by atoms with E-state index in [1.165, 1.54) is 4.90 Å². The number of carbonyl (C=O) groups is 2. The number of rotatable bonds is 13. The van der Waals surface area contributed by atoms with Gasteiger partial charge in [0.05, 0.1) is 19.1 Å². The SMILES string of the molecule is CC[C@@H](C)NC(=O)[C@H](Cc1ccccc1)N(Cc1cccc(OC)c1)C(=O)CN(c1ccc(Br)c(C)c1)S(C)(=O)=O. The van der Waals surface area contributed by atoms with Gasteiger partial charge in [-0.1, -0.05) is 65.3 Å². The number of nitrogens with zero attached hydrogens (tertiary/aromatic N) is 2. The highest BCUT2D eigenvalue weighted by Crippen LogP contribution is 2.26. The average molecular weight is 645 g/mol. The Morgan fingerprint density at radius 3 is 2.29 bits per heavy atom. The van der Waals surface area contributed by atoms with Gasteiger partial charge in [-0.15, -0.1) is 0 Å². The minimum atomic E-state index is -3.84. The smallest absolute Gasteiger partial charge is 0.244 e. The van der Waals surface area contributed by atoms with Crippen LogP contribution in [0.3, 0.4) is 0 Å². The van der Waals surface area contributed by atoms with E-state index < -0.39 is 28.5 Å². The van der Waals surface area contributed by atoms with Crippen molar-refractivity contribution in [3.05, 3.63) is 94.0 Å². The van der Waals surface area contributed by atoms with E-state index in [2.05, 4.69) is 21.2 Å². The van der Waals surface area contributed by atoms with E-state index in [9.17, 15) is 18.0 Å². The monoisotopic (exact) mass is 643 g/mol. The minimum absolute atomic E-state index is 0.0818. The molecule has 0 fully saturated rings. The zero-order valence-corrected chi connectivity index (χ0v) is 26.5. The van der Waals surface area contributed by atoms with Crippen LogP contribution in [0.1, 0.15) is 37.0 Å². The molecule has 220 valence electrons. The third kappa shape index (κ3) is 9.06. The van der Waals surface area contributed by atoms with E-state index in [0.717, 1.165) is 38.1 Å². The number of aryl methyl sites for hydroxylation is 1. The molecule has 0 bridgehead atoms. The molecule has 41 heavy (non-hydrogen) atoms. The summed E-state index contributed by atoms with van der Waals surface area (Å²) < 4.78 is 33.2. The van der Waals surface area contributed by atoms with Gasteiger partial charge < -0.3 is 15.0 Å². The summed E-state index contributed by atoms with van der Waals surface area (Å²) in [6.45, 7) is 5.34. The van der Waals surface area contributed by atoms with Crippen molar-refractivity contribution in [1.82, 2.24) is 10.2 Å². The van der Waals surface area contributed by atoms with Gasteiger partial charge in [0, 0.05) is 23.5 Å².